The van der Waals surface area contributed by atoms with E-state index in [1.165, 1.54) is 4.73 Å². The minimum Gasteiger partial charge on any atom is -0.336 e. The van der Waals surface area contributed by atoms with Gasteiger partial charge in [0.05, 0.1) is 6.42 Å². The molecule has 86 valence electrons. The largest absolute Gasteiger partial charge is 0.336 e. The molecule has 0 atom stereocenters. The van der Waals surface area contributed by atoms with Gasteiger partial charge in [-0.05, 0) is 17.5 Å². The number of nitrogens with zero attached hydrogens (tertiary/aromatic N) is 1. The highest BCUT2D eigenvalue weighted by molar-refractivity contribution is 7.71. The fourth-order valence-electron chi connectivity index (χ4n) is 1.07. The zero-order valence-electron chi connectivity index (χ0n) is 9.47. The van der Waals surface area contributed by atoms with E-state index in [2.05, 4.69) is 6.58 Å². The molecule has 1 aromatic rings. The van der Waals surface area contributed by atoms with Gasteiger partial charge in [-0.3, -0.25) is 0 Å². The second kappa shape index (κ2) is 5.07. The molecule has 0 amide bonds. The van der Waals surface area contributed by atoms with Gasteiger partial charge in [0.25, 0.3) is 0 Å². The maximum Gasteiger partial charge on any atom is 0.333 e. The van der Waals surface area contributed by atoms with Crippen molar-refractivity contribution in [2.45, 2.75) is 20.3 Å². The van der Waals surface area contributed by atoms with Gasteiger partial charge in [-0.15, -0.1) is 6.58 Å². The van der Waals surface area contributed by atoms with E-state index in [1.54, 1.807) is 30.5 Å². The van der Waals surface area contributed by atoms with E-state index in [9.17, 15) is 4.79 Å². The minimum absolute atomic E-state index is 0.270. The Hall–Kier alpha value is -1.42. The van der Waals surface area contributed by atoms with Crippen LogP contribution in [0, 0.1) is 10.1 Å². The summed E-state index contributed by atoms with van der Waals surface area (Å²) >= 11 is 5.01. The third kappa shape index (κ3) is 3.62. The van der Waals surface area contributed by atoms with E-state index in [4.69, 9.17) is 17.1 Å². The molecule has 16 heavy (non-hydrogen) atoms. The number of pyridine rings is 1. The van der Waals surface area contributed by atoms with Gasteiger partial charge in [0.15, 0.2) is 0 Å². The molecule has 0 saturated carbocycles. The monoisotopic (exact) mass is 237 g/mol. The van der Waals surface area contributed by atoms with Gasteiger partial charge in [0.1, 0.15) is 4.64 Å². The van der Waals surface area contributed by atoms with Gasteiger partial charge in [0.2, 0.25) is 0 Å². The van der Waals surface area contributed by atoms with Gasteiger partial charge >= 0.3 is 5.97 Å². The molecular formula is C12H15NO2S. The van der Waals surface area contributed by atoms with E-state index in [1.807, 2.05) is 13.8 Å². The fourth-order valence-corrected chi connectivity index (χ4v) is 1.25. The number of hydrogen-bond donors (Lipinski definition) is 0. The van der Waals surface area contributed by atoms with Gasteiger partial charge in [-0.1, -0.05) is 38.2 Å². The summed E-state index contributed by atoms with van der Waals surface area (Å²) in [6, 6.07) is 5.24. The molecule has 0 unspecified atom stereocenters. The Morgan fingerprint density at radius 3 is 2.88 bits per heavy atom. The smallest absolute Gasteiger partial charge is 0.333 e. The van der Waals surface area contributed by atoms with E-state index >= 15 is 0 Å². The second-order valence-corrected chi connectivity index (χ2v) is 4.62. The van der Waals surface area contributed by atoms with Crippen molar-refractivity contribution >= 4 is 18.2 Å². The average molecular weight is 237 g/mol. The predicted octanol–water partition coefficient (Wildman–Crippen LogP) is 2.78. The van der Waals surface area contributed by atoms with E-state index in [0.29, 0.717) is 4.64 Å². The van der Waals surface area contributed by atoms with Crippen molar-refractivity contribution in [1.82, 2.24) is 4.73 Å². The maximum absolute atomic E-state index is 11.6. The number of aromatic nitrogens is 1. The third-order valence-electron chi connectivity index (χ3n) is 2.14. The molecule has 1 rings (SSSR count). The van der Waals surface area contributed by atoms with Gasteiger partial charge in [0, 0.05) is 6.20 Å². The molecule has 4 heteroatoms. The van der Waals surface area contributed by atoms with Crippen LogP contribution in [0.4, 0.5) is 0 Å². The van der Waals surface area contributed by atoms with Crippen LogP contribution in [0.3, 0.4) is 0 Å². The first-order valence-electron chi connectivity index (χ1n) is 4.97. The highest BCUT2D eigenvalue weighted by Crippen LogP contribution is 2.20. The molecule has 0 fully saturated rings. The highest BCUT2D eigenvalue weighted by Gasteiger charge is 2.19. The first-order valence-corrected chi connectivity index (χ1v) is 5.38. The van der Waals surface area contributed by atoms with Crippen molar-refractivity contribution in [1.29, 1.82) is 0 Å². The lowest BCUT2D eigenvalue weighted by molar-refractivity contribution is -0.146. The summed E-state index contributed by atoms with van der Waals surface area (Å²) in [5, 5.41) is 0. The van der Waals surface area contributed by atoms with Gasteiger partial charge < -0.3 is 4.84 Å². The van der Waals surface area contributed by atoms with Crippen LogP contribution in [-0.2, 0) is 4.79 Å². The van der Waals surface area contributed by atoms with Crippen molar-refractivity contribution < 1.29 is 9.63 Å². The molecule has 0 aliphatic rings. The summed E-state index contributed by atoms with van der Waals surface area (Å²) < 4.78 is 1.75. The summed E-state index contributed by atoms with van der Waals surface area (Å²) in [5.74, 6) is -0.327. The maximum atomic E-state index is 11.6. The first-order chi connectivity index (χ1) is 7.44. The van der Waals surface area contributed by atoms with Crippen molar-refractivity contribution in [2.75, 3.05) is 0 Å². The Bertz CT molecular complexity index is 448. The third-order valence-corrected chi connectivity index (χ3v) is 2.46. The topological polar surface area (TPSA) is 31.2 Å². The average Bonchev–Trinajstić information content (AvgIpc) is 2.21. The van der Waals surface area contributed by atoms with Crippen molar-refractivity contribution in [2.24, 2.45) is 5.41 Å². The Kier molecular flexibility index (Phi) is 4.01. The number of carbonyl (C=O) groups is 1. The molecule has 3 nitrogen and oxygen atoms in total. The van der Waals surface area contributed by atoms with Crippen LogP contribution in [0.2, 0.25) is 0 Å². The van der Waals surface area contributed by atoms with Gasteiger partial charge in [-0.25, -0.2) is 4.79 Å². The van der Waals surface area contributed by atoms with Crippen LogP contribution in [-0.4, -0.2) is 10.7 Å². The molecule has 0 aliphatic heterocycles. The van der Waals surface area contributed by atoms with Gasteiger partial charge in [-0.2, -0.15) is 4.73 Å². The summed E-state index contributed by atoms with van der Waals surface area (Å²) in [6.45, 7) is 7.52. The van der Waals surface area contributed by atoms with E-state index in [0.717, 1.165) is 0 Å². The Balaban J connectivity index is 2.70. The minimum atomic E-state index is -0.327. The molecule has 1 aromatic heterocycles. The molecular weight excluding hydrogens is 222 g/mol. The van der Waals surface area contributed by atoms with E-state index < -0.39 is 0 Å². The molecule has 0 aliphatic carbocycles. The zero-order chi connectivity index (χ0) is 12.2. The number of hydrogen-bond acceptors (Lipinski definition) is 3. The number of carbonyl (C=O) groups excluding carboxylic acids is 1. The van der Waals surface area contributed by atoms with Crippen LogP contribution in [0.1, 0.15) is 20.3 Å². The zero-order valence-corrected chi connectivity index (χ0v) is 10.3. The lowest BCUT2D eigenvalue weighted by Gasteiger charge is -2.18. The quantitative estimate of drug-likeness (QED) is 0.596. The molecule has 0 bridgehead atoms. The number of rotatable bonds is 4. The summed E-state index contributed by atoms with van der Waals surface area (Å²) in [4.78, 5) is 16.7. The van der Waals surface area contributed by atoms with Crippen LogP contribution < -0.4 is 4.84 Å². The van der Waals surface area contributed by atoms with Crippen LogP contribution in [0.5, 0.6) is 0 Å². The lowest BCUT2D eigenvalue weighted by atomic mass is 9.90. The highest BCUT2D eigenvalue weighted by atomic mass is 32.1. The van der Waals surface area contributed by atoms with Crippen molar-refractivity contribution in [3.63, 3.8) is 0 Å². The summed E-state index contributed by atoms with van der Waals surface area (Å²) in [5.41, 5.74) is -0.270. The van der Waals surface area contributed by atoms with Crippen molar-refractivity contribution in [3.8, 4) is 0 Å². The van der Waals surface area contributed by atoms with Crippen LogP contribution in [0.25, 0.3) is 0 Å². The normalized spacial score (nSPS) is 10.9. The molecule has 0 saturated heterocycles. The van der Waals surface area contributed by atoms with Crippen LogP contribution >= 0.6 is 12.2 Å². The molecule has 0 radical (unpaired) electrons. The summed E-state index contributed by atoms with van der Waals surface area (Å²) in [7, 11) is 0. The molecule has 0 aromatic carbocycles. The molecule has 0 N–H and O–H groups in total. The van der Waals surface area contributed by atoms with Crippen LogP contribution in [0.15, 0.2) is 37.1 Å². The summed E-state index contributed by atoms with van der Waals surface area (Å²) in [6.07, 6.45) is 3.62. The second-order valence-electron chi connectivity index (χ2n) is 4.20. The lowest BCUT2D eigenvalue weighted by Crippen LogP contribution is -2.25. The van der Waals surface area contributed by atoms with Crippen molar-refractivity contribution in [3.05, 3.63) is 41.7 Å². The Morgan fingerprint density at radius 1 is 1.62 bits per heavy atom. The Morgan fingerprint density at radius 2 is 2.31 bits per heavy atom. The predicted molar refractivity (Wildman–Crippen MR) is 65.4 cm³/mol. The van der Waals surface area contributed by atoms with E-state index in [-0.39, 0.29) is 17.8 Å². The first kappa shape index (κ1) is 12.6. The Labute approximate surface area is 100 Å². The SMILES string of the molecule is C=CC(C)(C)CC(=O)On1ccccc1=S. The standard InChI is InChI=1S/C12H15NO2S/c1-4-12(2,3)9-11(14)15-13-8-6-5-7-10(13)16/h4-8H,1,9H2,2-3H3. The number of allylic oxidation sites excluding steroid dienone is 1. The fraction of sp³-hybridized carbons (Fsp3) is 0.333. The molecule has 1 heterocycles. The molecule has 0 spiro atoms.